The average molecular weight is 157 g/mol. The molecule has 1 unspecified atom stereocenters. The summed E-state index contributed by atoms with van der Waals surface area (Å²) in [7, 11) is 0. The van der Waals surface area contributed by atoms with Gasteiger partial charge in [0.25, 0.3) is 0 Å². The van der Waals surface area contributed by atoms with Crippen molar-refractivity contribution in [1.82, 2.24) is 5.32 Å². The molecule has 1 fully saturated rings. The molecular formula is C9H19NO. The zero-order chi connectivity index (χ0) is 8.91. The van der Waals surface area contributed by atoms with E-state index in [-0.39, 0.29) is 11.4 Å². The Balaban J connectivity index is 0.000000461. The van der Waals surface area contributed by atoms with E-state index in [2.05, 4.69) is 19.2 Å². The number of hydrogen-bond donors (Lipinski definition) is 1. The molecule has 2 nitrogen and oxygen atoms in total. The number of carbonyl (C=O) groups excluding carboxylic acids is 1. The van der Waals surface area contributed by atoms with Gasteiger partial charge in [-0.05, 0) is 19.8 Å². The van der Waals surface area contributed by atoms with Gasteiger partial charge in [0.05, 0.1) is 0 Å². The maximum absolute atomic E-state index is 10.7. The molecule has 1 heterocycles. The monoisotopic (exact) mass is 157 g/mol. The Morgan fingerprint density at radius 2 is 2.09 bits per heavy atom. The predicted octanol–water partition coefficient (Wildman–Crippen LogP) is 2.09. The van der Waals surface area contributed by atoms with Crippen molar-refractivity contribution < 1.29 is 4.79 Å². The van der Waals surface area contributed by atoms with Crippen LogP contribution in [0.2, 0.25) is 0 Å². The zero-order valence-corrected chi connectivity index (χ0v) is 8.03. The third kappa shape index (κ3) is 2.91. The highest BCUT2D eigenvalue weighted by Gasteiger charge is 2.30. The van der Waals surface area contributed by atoms with Crippen LogP contribution in [0.1, 0.15) is 47.0 Å². The molecule has 11 heavy (non-hydrogen) atoms. The van der Waals surface area contributed by atoms with Gasteiger partial charge in [-0.3, -0.25) is 4.79 Å². The fourth-order valence-corrected chi connectivity index (χ4v) is 1.12. The average Bonchev–Trinajstić information content (AvgIpc) is 2.37. The van der Waals surface area contributed by atoms with Crippen molar-refractivity contribution in [3.63, 3.8) is 0 Å². The number of hydrogen-bond acceptors (Lipinski definition) is 1. The van der Waals surface area contributed by atoms with Crippen LogP contribution >= 0.6 is 0 Å². The number of nitrogens with one attached hydrogen (secondary N) is 1. The maximum atomic E-state index is 10.7. The molecule has 0 bridgehead atoms. The highest BCUT2D eigenvalue weighted by atomic mass is 16.2. The van der Waals surface area contributed by atoms with Crippen LogP contribution in [0.4, 0.5) is 0 Å². The van der Waals surface area contributed by atoms with Crippen LogP contribution in [0.25, 0.3) is 0 Å². The Kier molecular flexibility index (Phi) is 4.16. The Bertz CT molecular complexity index is 134. The van der Waals surface area contributed by atoms with Crippen molar-refractivity contribution in [3.8, 4) is 0 Å². The molecule has 1 rings (SSSR count). The summed E-state index contributed by atoms with van der Waals surface area (Å²) in [6, 6.07) is 0. The summed E-state index contributed by atoms with van der Waals surface area (Å²) in [6.07, 6.45) is 2.76. The topological polar surface area (TPSA) is 29.1 Å². The van der Waals surface area contributed by atoms with Crippen LogP contribution in [0.15, 0.2) is 0 Å². The van der Waals surface area contributed by atoms with Crippen molar-refractivity contribution in [2.75, 3.05) is 0 Å². The zero-order valence-electron chi connectivity index (χ0n) is 8.03. The molecule has 0 saturated carbocycles. The molecule has 0 aromatic carbocycles. The molecule has 0 aromatic rings. The van der Waals surface area contributed by atoms with Gasteiger partial charge < -0.3 is 5.32 Å². The summed E-state index contributed by atoms with van der Waals surface area (Å²) in [5.74, 6) is 0.208. The summed E-state index contributed by atoms with van der Waals surface area (Å²) >= 11 is 0. The van der Waals surface area contributed by atoms with Gasteiger partial charge in [-0.25, -0.2) is 0 Å². The molecule has 0 radical (unpaired) electrons. The third-order valence-corrected chi connectivity index (χ3v) is 2.13. The Morgan fingerprint density at radius 3 is 2.27 bits per heavy atom. The fraction of sp³-hybridized carbons (Fsp3) is 0.889. The summed E-state index contributed by atoms with van der Waals surface area (Å²) in [6.45, 7) is 8.20. The van der Waals surface area contributed by atoms with E-state index in [4.69, 9.17) is 0 Å². The molecule has 66 valence electrons. The lowest BCUT2D eigenvalue weighted by molar-refractivity contribution is -0.119. The quantitative estimate of drug-likeness (QED) is 0.620. The highest BCUT2D eigenvalue weighted by Crippen LogP contribution is 2.21. The van der Waals surface area contributed by atoms with Crippen LogP contribution in [-0.2, 0) is 4.79 Å². The molecule has 0 aromatic heterocycles. The van der Waals surface area contributed by atoms with Gasteiger partial charge in [0, 0.05) is 12.0 Å². The van der Waals surface area contributed by atoms with Gasteiger partial charge in [0.15, 0.2) is 0 Å². The standard InChI is InChI=1S/C7H13NO.C2H6/c1-3-7(2)5-4-6(9)8-7;1-2/h3-5H2,1-2H3,(H,8,9);1-2H3. The van der Waals surface area contributed by atoms with Crippen LogP contribution in [0.5, 0.6) is 0 Å². The summed E-state index contributed by atoms with van der Waals surface area (Å²) < 4.78 is 0. The Labute approximate surface area is 69.4 Å². The molecule has 1 N–H and O–H groups in total. The van der Waals surface area contributed by atoms with E-state index in [0.29, 0.717) is 6.42 Å². The Morgan fingerprint density at radius 1 is 1.55 bits per heavy atom. The van der Waals surface area contributed by atoms with E-state index in [1.54, 1.807) is 0 Å². The van der Waals surface area contributed by atoms with Crippen molar-refractivity contribution >= 4 is 5.91 Å². The number of carbonyl (C=O) groups is 1. The van der Waals surface area contributed by atoms with Gasteiger partial charge >= 0.3 is 0 Å². The van der Waals surface area contributed by atoms with Crippen LogP contribution in [0.3, 0.4) is 0 Å². The molecule has 2 heteroatoms. The normalized spacial score (nSPS) is 28.9. The van der Waals surface area contributed by atoms with Gasteiger partial charge in [-0.15, -0.1) is 0 Å². The Hall–Kier alpha value is -0.530. The molecular weight excluding hydrogens is 138 g/mol. The molecule has 1 amide bonds. The lowest BCUT2D eigenvalue weighted by atomic mass is 9.98. The first kappa shape index (κ1) is 10.5. The first-order valence-corrected chi connectivity index (χ1v) is 4.47. The maximum Gasteiger partial charge on any atom is 0.220 e. The minimum atomic E-state index is 0.108. The number of rotatable bonds is 1. The molecule has 1 atom stereocenters. The summed E-state index contributed by atoms with van der Waals surface area (Å²) in [5.41, 5.74) is 0.108. The summed E-state index contributed by atoms with van der Waals surface area (Å²) in [5, 5.41) is 2.94. The van der Waals surface area contributed by atoms with E-state index in [0.717, 1.165) is 12.8 Å². The van der Waals surface area contributed by atoms with E-state index in [9.17, 15) is 4.79 Å². The minimum Gasteiger partial charge on any atom is -0.351 e. The second-order valence-electron chi connectivity index (χ2n) is 2.96. The molecule has 0 spiro atoms. The van der Waals surface area contributed by atoms with E-state index in [1.807, 2.05) is 13.8 Å². The fourth-order valence-electron chi connectivity index (χ4n) is 1.12. The van der Waals surface area contributed by atoms with Crippen molar-refractivity contribution in [2.45, 2.75) is 52.5 Å². The van der Waals surface area contributed by atoms with Crippen molar-refractivity contribution in [2.24, 2.45) is 0 Å². The highest BCUT2D eigenvalue weighted by molar-refractivity contribution is 5.79. The van der Waals surface area contributed by atoms with E-state index in [1.165, 1.54) is 0 Å². The molecule has 1 aliphatic rings. The smallest absolute Gasteiger partial charge is 0.220 e. The number of amides is 1. The minimum absolute atomic E-state index is 0.108. The van der Waals surface area contributed by atoms with Crippen LogP contribution < -0.4 is 5.32 Å². The van der Waals surface area contributed by atoms with Crippen LogP contribution in [0, 0.1) is 0 Å². The van der Waals surface area contributed by atoms with Gasteiger partial charge in [0.1, 0.15) is 0 Å². The molecule has 0 aliphatic carbocycles. The second-order valence-corrected chi connectivity index (χ2v) is 2.96. The van der Waals surface area contributed by atoms with E-state index >= 15 is 0 Å². The van der Waals surface area contributed by atoms with Gasteiger partial charge in [0.2, 0.25) is 5.91 Å². The first-order chi connectivity index (χ1) is 5.16. The largest absolute Gasteiger partial charge is 0.351 e. The lowest BCUT2D eigenvalue weighted by Gasteiger charge is -2.20. The van der Waals surface area contributed by atoms with Crippen LogP contribution in [-0.4, -0.2) is 11.4 Å². The third-order valence-electron chi connectivity index (χ3n) is 2.13. The van der Waals surface area contributed by atoms with Crippen molar-refractivity contribution in [3.05, 3.63) is 0 Å². The SMILES string of the molecule is CC.CCC1(C)CCC(=O)N1. The predicted molar refractivity (Wildman–Crippen MR) is 47.4 cm³/mol. The van der Waals surface area contributed by atoms with Crippen molar-refractivity contribution in [1.29, 1.82) is 0 Å². The van der Waals surface area contributed by atoms with E-state index < -0.39 is 0 Å². The molecule has 1 aliphatic heterocycles. The van der Waals surface area contributed by atoms with Gasteiger partial charge in [-0.1, -0.05) is 20.8 Å². The lowest BCUT2D eigenvalue weighted by Crippen LogP contribution is -2.37. The summed E-state index contributed by atoms with van der Waals surface area (Å²) in [4.78, 5) is 10.7. The molecule has 1 saturated heterocycles. The second kappa shape index (κ2) is 4.37. The van der Waals surface area contributed by atoms with Gasteiger partial charge in [-0.2, -0.15) is 0 Å². The first-order valence-electron chi connectivity index (χ1n) is 4.47.